The first-order valence-electron chi connectivity index (χ1n) is 8.30. The second-order valence-corrected chi connectivity index (χ2v) is 6.42. The van der Waals surface area contributed by atoms with Gasteiger partial charge in [-0.15, -0.1) is 0 Å². The highest BCUT2D eigenvalue weighted by molar-refractivity contribution is 5.95. The van der Waals surface area contributed by atoms with Crippen molar-refractivity contribution < 1.29 is 14.3 Å². The Labute approximate surface area is 148 Å². The highest BCUT2D eigenvalue weighted by Crippen LogP contribution is 2.27. The predicted octanol–water partition coefficient (Wildman–Crippen LogP) is 3.21. The summed E-state index contributed by atoms with van der Waals surface area (Å²) in [6.07, 6.45) is 1.04. The largest absolute Gasteiger partial charge is 0.484 e. The van der Waals surface area contributed by atoms with E-state index in [1.165, 1.54) is 5.56 Å². The topological polar surface area (TPSA) is 67.4 Å². The van der Waals surface area contributed by atoms with Gasteiger partial charge in [-0.25, -0.2) is 0 Å². The maximum atomic E-state index is 11.8. The minimum absolute atomic E-state index is 0.109. The van der Waals surface area contributed by atoms with Gasteiger partial charge in [-0.05, 0) is 41.7 Å². The van der Waals surface area contributed by atoms with E-state index in [1.807, 2.05) is 30.3 Å². The average Bonchev–Trinajstić information content (AvgIpc) is 2.65. The summed E-state index contributed by atoms with van der Waals surface area (Å²) in [5.41, 5.74) is 6.49. The molecule has 0 fully saturated rings. The van der Waals surface area contributed by atoms with Crippen LogP contribution >= 0.6 is 0 Å². The Kier molecular flexibility index (Phi) is 6.17. The van der Waals surface area contributed by atoms with Crippen LogP contribution in [0.15, 0.2) is 54.6 Å². The van der Waals surface area contributed by atoms with Gasteiger partial charge in [0.25, 0.3) is 11.8 Å². The molecule has 0 aromatic heterocycles. The van der Waals surface area contributed by atoms with Crippen molar-refractivity contribution in [1.29, 1.82) is 0 Å². The molecule has 5 heteroatoms. The number of amides is 2. The maximum Gasteiger partial charge on any atom is 0.276 e. The lowest BCUT2D eigenvalue weighted by molar-refractivity contribution is -0.123. The van der Waals surface area contributed by atoms with Crippen molar-refractivity contribution in [2.75, 3.05) is 6.61 Å². The molecule has 0 spiro atoms. The minimum Gasteiger partial charge on any atom is -0.484 e. The molecule has 0 aliphatic carbocycles. The zero-order chi connectivity index (χ0) is 18.3. The average molecular weight is 340 g/mol. The van der Waals surface area contributed by atoms with Gasteiger partial charge in [-0.2, -0.15) is 0 Å². The molecule has 0 atom stereocenters. The van der Waals surface area contributed by atoms with Crippen molar-refractivity contribution in [3.63, 3.8) is 0 Å². The van der Waals surface area contributed by atoms with Crippen LogP contribution in [0.5, 0.6) is 5.75 Å². The van der Waals surface area contributed by atoms with E-state index in [4.69, 9.17) is 4.74 Å². The van der Waals surface area contributed by atoms with Gasteiger partial charge in [-0.1, -0.05) is 51.1 Å². The molecule has 0 heterocycles. The number of hydrazine groups is 1. The van der Waals surface area contributed by atoms with Gasteiger partial charge in [-0.3, -0.25) is 20.4 Å². The van der Waals surface area contributed by atoms with Crippen LogP contribution in [-0.2, 0) is 10.2 Å². The second kappa shape index (κ2) is 8.33. The summed E-state index contributed by atoms with van der Waals surface area (Å²) in [6.45, 7) is 6.35. The Morgan fingerprint density at radius 2 is 1.60 bits per heavy atom. The summed E-state index contributed by atoms with van der Waals surface area (Å²) in [7, 11) is 0. The molecule has 2 aromatic carbocycles. The molecule has 132 valence electrons. The van der Waals surface area contributed by atoms with E-state index in [1.54, 1.807) is 24.3 Å². The molecule has 0 radical (unpaired) electrons. The van der Waals surface area contributed by atoms with Crippen molar-refractivity contribution in [2.45, 2.75) is 32.6 Å². The van der Waals surface area contributed by atoms with Gasteiger partial charge >= 0.3 is 0 Å². The Bertz CT molecular complexity index is 709. The molecule has 0 aliphatic rings. The number of hydrogen-bond donors (Lipinski definition) is 2. The first-order valence-corrected chi connectivity index (χ1v) is 8.30. The number of hydrogen-bond acceptors (Lipinski definition) is 3. The fourth-order valence-corrected chi connectivity index (χ4v) is 2.18. The van der Waals surface area contributed by atoms with Crippen LogP contribution in [0.2, 0.25) is 0 Å². The zero-order valence-electron chi connectivity index (χ0n) is 14.8. The number of benzene rings is 2. The normalized spacial score (nSPS) is 10.8. The van der Waals surface area contributed by atoms with Gasteiger partial charge in [0, 0.05) is 5.56 Å². The Hall–Kier alpha value is -2.82. The molecular formula is C20H24N2O3. The van der Waals surface area contributed by atoms with Crippen molar-refractivity contribution in [3.05, 3.63) is 65.7 Å². The van der Waals surface area contributed by atoms with Crippen LogP contribution < -0.4 is 15.6 Å². The summed E-state index contributed by atoms with van der Waals surface area (Å²) >= 11 is 0. The highest BCUT2D eigenvalue weighted by Gasteiger charge is 2.17. The van der Waals surface area contributed by atoms with E-state index in [2.05, 4.69) is 31.6 Å². The van der Waals surface area contributed by atoms with Crippen LogP contribution in [0.3, 0.4) is 0 Å². The molecule has 0 unspecified atom stereocenters. The van der Waals surface area contributed by atoms with Crippen molar-refractivity contribution in [1.82, 2.24) is 10.9 Å². The second-order valence-electron chi connectivity index (χ2n) is 6.42. The minimum atomic E-state index is -0.428. The van der Waals surface area contributed by atoms with Crippen LogP contribution in [0.4, 0.5) is 0 Å². The lowest BCUT2D eigenvalue weighted by Crippen LogP contribution is -2.43. The monoisotopic (exact) mass is 340 g/mol. The van der Waals surface area contributed by atoms with E-state index in [0.29, 0.717) is 11.3 Å². The Morgan fingerprint density at radius 1 is 0.960 bits per heavy atom. The fraction of sp³-hybridized carbons (Fsp3) is 0.300. The third-order valence-corrected chi connectivity index (χ3v) is 4.24. The summed E-state index contributed by atoms with van der Waals surface area (Å²) in [5, 5.41) is 0. The van der Waals surface area contributed by atoms with Crippen LogP contribution in [-0.4, -0.2) is 18.4 Å². The van der Waals surface area contributed by atoms with Crippen LogP contribution in [0, 0.1) is 0 Å². The predicted molar refractivity (Wildman–Crippen MR) is 97.3 cm³/mol. The summed E-state index contributed by atoms with van der Waals surface area (Å²) in [5.74, 6) is -0.192. The fourth-order valence-electron chi connectivity index (χ4n) is 2.18. The van der Waals surface area contributed by atoms with E-state index in [9.17, 15) is 9.59 Å². The Balaban J connectivity index is 1.79. The van der Waals surface area contributed by atoms with Crippen molar-refractivity contribution in [3.8, 4) is 5.75 Å². The molecule has 25 heavy (non-hydrogen) atoms. The van der Waals surface area contributed by atoms with Gasteiger partial charge in [0.2, 0.25) is 0 Å². The van der Waals surface area contributed by atoms with Gasteiger partial charge in [0.05, 0.1) is 0 Å². The number of carbonyl (C=O) groups is 2. The molecular weight excluding hydrogens is 316 g/mol. The maximum absolute atomic E-state index is 11.8. The lowest BCUT2D eigenvalue weighted by Gasteiger charge is -2.23. The van der Waals surface area contributed by atoms with Crippen LogP contribution in [0.1, 0.15) is 43.1 Å². The molecule has 0 saturated heterocycles. The van der Waals surface area contributed by atoms with Crippen LogP contribution in [0.25, 0.3) is 0 Å². The van der Waals surface area contributed by atoms with E-state index in [0.717, 1.165) is 6.42 Å². The first kappa shape index (κ1) is 18.5. The highest BCUT2D eigenvalue weighted by atomic mass is 16.5. The summed E-state index contributed by atoms with van der Waals surface area (Å²) in [4.78, 5) is 23.6. The third-order valence-electron chi connectivity index (χ3n) is 4.24. The number of rotatable bonds is 6. The SMILES string of the molecule is CCC(C)(C)c1ccc(OCC(=O)NNC(=O)c2ccccc2)cc1. The van der Waals surface area contributed by atoms with E-state index >= 15 is 0 Å². The molecule has 0 saturated carbocycles. The molecule has 2 amide bonds. The number of carbonyl (C=O) groups excluding carboxylic acids is 2. The van der Waals surface area contributed by atoms with Crippen molar-refractivity contribution >= 4 is 11.8 Å². The number of nitrogens with one attached hydrogen (secondary N) is 2. The zero-order valence-corrected chi connectivity index (χ0v) is 14.8. The van der Waals surface area contributed by atoms with Crippen molar-refractivity contribution in [2.24, 2.45) is 0 Å². The molecule has 2 rings (SSSR count). The molecule has 0 bridgehead atoms. The van der Waals surface area contributed by atoms with Gasteiger partial charge in [0.1, 0.15) is 5.75 Å². The standard InChI is InChI=1S/C20H24N2O3/c1-4-20(2,3)16-10-12-17(13-11-16)25-14-18(23)21-22-19(24)15-8-6-5-7-9-15/h5-13H,4,14H2,1-3H3,(H,21,23)(H,22,24). The molecule has 5 nitrogen and oxygen atoms in total. The molecule has 0 aliphatic heterocycles. The van der Waals surface area contributed by atoms with E-state index < -0.39 is 5.91 Å². The van der Waals surface area contributed by atoms with Gasteiger partial charge in [0.15, 0.2) is 6.61 Å². The molecule has 2 aromatic rings. The summed E-state index contributed by atoms with van der Waals surface area (Å²) in [6, 6.07) is 16.4. The smallest absolute Gasteiger partial charge is 0.276 e. The van der Waals surface area contributed by atoms with E-state index in [-0.39, 0.29) is 17.9 Å². The lowest BCUT2D eigenvalue weighted by atomic mass is 9.82. The quantitative estimate of drug-likeness (QED) is 0.794. The summed E-state index contributed by atoms with van der Waals surface area (Å²) < 4.78 is 5.44. The first-order chi connectivity index (χ1) is 11.9. The van der Waals surface area contributed by atoms with Gasteiger partial charge < -0.3 is 4.74 Å². The third kappa shape index (κ3) is 5.35. The number of ether oxygens (including phenoxy) is 1. The molecule has 2 N–H and O–H groups in total. The Morgan fingerprint density at radius 3 is 2.20 bits per heavy atom.